The van der Waals surface area contributed by atoms with E-state index in [-0.39, 0.29) is 18.9 Å². The summed E-state index contributed by atoms with van der Waals surface area (Å²) in [5, 5.41) is 11.3. The molecule has 0 spiro atoms. The third-order valence-electron chi connectivity index (χ3n) is 2.01. The van der Waals surface area contributed by atoms with Crippen LogP contribution in [0.25, 0.3) is 0 Å². The van der Waals surface area contributed by atoms with Crippen molar-refractivity contribution < 1.29 is 9.90 Å². The van der Waals surface area contributed by atoms with E-state index >= 15 is 0 Å². The van der Waals surface area contributed by atoms with E-state index < -0.39 is 0 Å². The van der Waals surface area contributed by atoms with Crippen LogP contribution in [0, 0.1) is 0 Å². The number of rotatable bonds is 4. The van der Waals surface area contributed by atoms with Crippen molar-refractivity contribution >= 4 is 11.6 Å². The largest absolute Gasteiger partial charge is 0.396 e. The molecule has 76 valence electrons. The van der Waals surface area contributed by atoms with Crippen molar-refractivity contribution in [2.24, 2.45) is 0 Å². The van der Waals surface area contributed by atoms with Crippen LogP contribution in [0.4, 0.5) is 5.69 Å². The SMILES string of the molecule is CCc1ccccc1NC(=O)CCO. The number of nitrogens with one attached hydrogen (secondary N) is 1. The van der Waals surface area contributed by atoms with Crippen molar-refractivity contribution in [1.82, 2.24) is 0 Å². The number of carbonyl (C=O) groups is 1. The van der Waals surface area contributed by atoms with Crippen LogP contribution in [0.1, 0.15) is 18.9 Å². The molecule has 0 aliphatic rings. The Labute approximate surface area is 83.8 Å². The maximum Gasteiger partial charge on any atom is 0.226 e. The molecular weight excluding hydrogens is 178 g/mol. The number of aryl methyl sites for hydroxylation is 1. The molecule has 1 rings (SSSR count). The summed E-state index contributed by atoms with van der Waals surface area (Å²) in [6.07, 6.45) is 1.04. The van der Waals surface area contributed by atoms with Gasteiger partial charge in [-0.25, -0.2) is 0 Å². The van der Waals surface area contributed by atoms with Gasteiger partial charge >= 0.3 is 0 Å². The summed E-state index contributed by atoms with van der Waals surface area (Å²) in [5.41, 5.74) is 1.95. The second-order valence-corrected chi connectivity index (χ2v) is 3.03. The van der Waals surface area contributed by atoms with Gasteiger partial charge in [0.1, 0.15) is 0 Å². The number of hydrogen-bond donors (Lipinski definition) is 2. The molecule has 3 heteroatoms. The number of hydrogen-bond acceptors (Lipinski definition) is 2. The molecule has 0 aromatic heterocycles. The molecule has 0 unspecified atom stereocenters. The molecular formula is C11H15NO2. The number of para-hydroxylation sites is 1. The summed E-state index contributed by atoms with van der Waals surface area (Å²) >= 11 is 0. The molecule has 0 saturated heterocycles. The Morgan fingerprint density at radius 3 is 2.79 bits per heavy atom. The van der Waals surface area contributed by atoms with Crippen LogP contribution in [-0.4, -0.2) is 17.6 Å². The normalized spacial score (nSPS) is 9.86. The number of anilines is 1. The van der Waals surface area contributed by atoms with Crippen molar-refractivity contribution in [3.05, 3.63) is 29.8 Å². The van der Waals surface area contributed by atoms with Crippen LogP contribution < -0.4 is 5.32 Å². The van der Waals surface area contributed by atoms with E-state index in [1.54, 1.807) is 0 Å². The molecule has 0 aliphatic heterocycles. The minimum Gasteiger partial charge on any atom is -0.396 e. The number of aliphatic hydroxyl groups excluding tert-OH is 1. The Balaban J connectivity index is 2.70. The highest BCUT2D eigenvalue weighted by Crippen LogP contribution is 2.15. The molecule has 14 heavy (non-hydrogen) atoms. The highest BCUT2D eigenvalue weighted by atomic mass is 16.3. The van der Waals surface area contributed by atoms with Crippen molar-refractivity contribution in [2.75, 3.05) is 11.9 Å². The fourth-order valence-electron chi connectivity index (χ4n) is 1.26. The van der Waals surface area contributed by atoms with Gasteiger partial charge in [0.15, 0.2) is 0 Å². The van der Waals surface area contributed by atoms with Gasteiger partial charge in [0, 0.05) is 5.69 Å². The van der Waals surface area contributed by atoms with Crippen LogP contribution in [0.5, 0.6) is 0 Å². The second kappa shape index (κ2) is 5.40. The lowest BCUT2D eigenvalue weighted by molar-refractivity contribution is -0.116. The van der Waals surface area contributed by atoms with Crippen LogP contribution in [0.2, 0.25) is 0 Å². The monoisotopic (exact) mass is 193 g/mol. The molecule has 3 nitrogen and oxygen atoms in total. The van der Waals surface area contributed by atoms with E-state index in [2.05, 4.69) is 5.32 Å². The molecule has 0 aliphatic carbocycles. The van der Waals surface area contributed by atoms with Gasteiger partial charge in [0.05, 0.1) is 13.0 Å². The van der Waals surface area contributed by atoms with Crippen LogP contribution in [-0.2, 0) is 11.2 Å². The van der Waals surface area contributed by atoms with E-state index in [4.69, 9.17) is 5.11 Å². The molecule has 2 N–H and O–H groups in total. The standard InChI is InChI=1S/C11H15NO2/c1-2-9-5-3-4-6-10(9)12-11(14)7-8-13/h3-6,13H,2,7-8H2,1H3,(H,12,14). The highest BCUT2D eigenvalue weighted by Gasteiger charge is 2.03. The minimum atomic E-state index is -0.145. The Morgan fingerprint density at radius 1 is 1.43 bits per heavy atom. The molecule has 1 aromatic carbocycles. The van der Waals surface area contributed by atoms with E-state index in [0.717, 1.165) is 17.7 Å². The Hall–Kier alpha value is -1.35. The number of aliphatic hydroxyl groups is 1. The molecule has 0 bridgehead atoms. The van der Waals surface area contributed by atoms with Crippen molar-refractivity contribution in [1.29, 1.82) is 0 Å². The summed E-state index contributed by atoms with van der Waals surface area (Å²) in [4.78, 5) is 11.2. The van der Waals surface area contributed by atoms with Gasteiger partial charge < -0.3 is 10.4 Å². The Bertz CT molecular complexity index is 310. The molecule has 0 heterocycles. The summed E-state index contributed by atoms with van der Waals surface area (Å²) in [6.45, 7) is 1.93. The van der Waals surface area contributed by atoms with Crippen LogP contribution >= 0.6 is 0 Å². The predicted octanol–water partition coefficient (Wildman–Crippen LogP) is 1.57. The molecule has 0 atom stereocenters. The van der Waals surface area contributed by atoms with Gasteiger partial charge in [-0.1, -0.05) is 25.1 Å². The first-order valence-corrected chi connectivity index (χ1v) is 4.76. The Morgan fingerprint density at radius 2 is 2.14 bits per heavy atom. The Kier molecular flexibility index (Phi) is 4.13. The fraction of sp³-hybridized carbons (Fsp3) is 0.364. The van der Waals surface area contributed by atoms with Gasteiger partial charge in [-0.05, 0) is 18.1 Å². The minimum absolute atomic E-state index is 0.111. The molecule has 1 aromatic rings. The lowest BCUT2D eigenvalue weighted by Crippen LogP contribution is -2.13. The van der Waals surface area contributed by atoms with Gasteiger partial charge in [-0.3, -0.25) is 4.79 Å². The van der Waals surface area contributed by atoms with Crippen molar-refractivity contribution in [2.45, 2.75) is 19.8 Å². The van der Waals surface area contributed by atoms with Crippen molar-refractivity contribution in [3.63, 3.8) is 0 Å². The summed E-state index contributed by atoms with van der Waals surface area (Å²) in [6, 6.07) is 7.68. The van der Waals surface area contributed by atoms with E-state index in [0.29, 0.717) is 0 Å². The van der Waals surface area contributed by atoms with Gasteiger partial charge in [0.2, 0.25) is 5.91 Å². The first-order chi connectivity index (χ1) is 6.77. The maximum absolute atomic E-state index is 11.2. The topological polar surface area (TPSA) is 49.3 Å². The summed E-state index contributed by atoms with van der Waals surface area (Å²) in [7, 11) is 0. The zero-order valence-corrected chi connectivity index (χ0v) is 8.29. The van der Waals surface area contributed by atoms with E-state index in [1.807, 2.05) is 31.2 Å². The zero-order valence-electron chi connectivity index (χ0n) is 8.29. The first-order valence-electron chi connectivity index (χ1n) is 4.76. The summed E-state index contributed by atoms with van der Waals surface area (Å²) < 4.78 is 0. The smallest absolute Gasteiger partial charge is 0.226 e. The van der Waals surface area contributed by atoms with Gasteiger partial charge in [-0.2, -0.15) is 0 Å². The molecule has 0 saturated carbocycles. The van der Waals surface area contributed by atoms with Crippen LogP contribution in [0.15, 0.2) is 24.3 Å². The van der Waals surface area contributed by atoms with Gasteiger partial charge in [-0.15, -0.1) is 0 Å². The molecule has 0 fully saturated rings. The van der Waals surface area contributed by atoms with E-state index in [1.165, 1.54) is 0 Å². The van der Waals surface area contributed by atoms with Crippen LogP contribution in [0.3, 0.4) is 0 Å². The average molecular weight is 193 g/mol. The van der Waals surface area contributed by atoms with Gasteiger partial charge in [0.25, 0.3) is 0 Å². The second-order valence-electron chi connectivity index (χ2n) is 3.03. The first kappa shape index (κ1) is 10.7. The lowest BCUT2D eigenvalue weighted by Gasteiger charge is -2.08. The maximum atomic E-state index is 11.2. The lowest BCUT2D eigenvalue weighted by atomic mass is 10.1. The third kappa shape index (κ3) is 2.85. The quantitative estimate of drug-likeness (QED) is 0.762. The molecule has 1 amide bonds. The third-order valence-corrected chi connectivity index (χ3v) is 2.01. The number of benzene rings is 1. The predicted molar refractivity (Wildman–Crippen MR) is 56.2 cm³/mol. The number of amides is 1. The average Bonchev–Trinajstić information content (AvgIpc) is 2.19. The zero-order chi connectivity index (χ0) is 10.4. The van der Waals surface area contributed by atoms with E-state index in [9.17, 15) is 4.79 Å². The fourth-order valence-corrected chi connectivity index (χ4v) is 1.26. The molecule has 0 radical (unpaired) electrons. The summed E-state index contributed by atoms with van der Waals surface area (Å²) in [5.74, 6) is -0.145. The highest BCUT2D eigenvalue weighted by molar-refractivity contribution is 5.91. The number of carbonyl (C=O) groups excluding carboxylic acids is 1. The van der Waals surface area contributed by atoms with Crippen molar-refractivity contribution in [3.8, 4) is 0 Å².